The Morgan fingerprint density at radius 3 is 1.54 bits per heavy atom. The molecule has 0 heterocycles. The van der Waals surface area contributed by atoms with Crippen LogP contribution < -0.4 is 5.73 Å². The average Bonchev–Trinajstić information content (AvgIpc) is 3.17. The van der Waals surface area contributed by atoms with E-state index in [0.29, 0.717) is 19.3 Å². The number of unbranched alkanes of at least 4 members (excludes halogenated alkanes) is 15. The molecule has 0 aliphatic rings. The molecule has 3 atom stereocenters. The number of esters is 2. The molecule has 0 saturated carbocycles. The van der Waals surface area contributed by atoms with E-state index in [-0.39, 0.29) is 12.8 Å². The Morgan fingerprint density at radius 1 is 0.554 bits per heavy atom. The number of allylic oxidation sites excluding steroid dienone is 10. The lowest BCUT2D eigenvalue weighted by Gasteiger charge is -2.20. The first-order valence-corrected chi connectivity index (χ1v) is 22.8. The second kappa shape index (κ2) is 39.0. The molecular weight excluding hydrogens is 733 g/mol. The van der Waals surface area contributed by atoms with Crippen LogP contribution in [0, 0.1) is 0 Å². The van der Waals surface area contributed by atoms with Crippen molar-refractivity contribution in [2.75, 3.05) is 19.8 Å². The summed E-state index contributed by atoms with van der Waals surface area (Å²) in [5.41, 5.74) is 5.32. The van der Waals surface area contributed by atoms with Crippen molar-refractivity contribution >= 4 is 25.7 Å². The van der Waals surface area contributed by atoms with E-state index in [4.69, 9.17) is 24.8 Å². The standard InChI is InChI=1S/C44H76NO10P/c1-3-5-7-9-11-13-15-17-19-20-22-23-25-27-29-31-33-35-42(46)52-37-40(38-53-56(50,51)54-39-41(45)44(48)49)55-43(47)36-34-32-30-28-26-24-21-18-16-14-12-10-8-6-4-2/h11,13,17,19,22-23,27,29-30,32,40-41H,3-10,12,14-16,18,20-21,24-26,28,31,33-39,45H2,1-2H3,(H,48,49)(H,50,51)/b13-11+,19-17+,23-22+,29-27+,32-30+/t40-,41+/m1/s1. The molecule has 11 nitrogen and oxygen atoms in total. The zero-order valence-corrected chi connectivity index (χ0v) is 35.6. The number of ether oxygens (including phenoxy) is 2. The van der Waals surface area contributed by atoms with Gasteiger partial charge in [-0.25, -0.2) is 4.57 Å². The van der Waals surface area contributed by atoms with Crippen molar-refractivity contribution < 1.29 is 47.5 Å². The molecule has 0 saturated heterocycles. The van der Waals surface area contributed by atoms with Gasteiger partial charge in [-0.2, -0.15) is 0 Å². The predicted octanol–water partition coefficient (Wildman–Crippen LogP) is 11.2. The third kappa shape index (κ3) is 38.1. The molecule has 0 fully saturated rings. The van der Waals surface area contributed by atoms with Gasteiger partial charge in [0.25, 0.3) is 0 Å². The Morgan fingerprint density at radius 2 is 0.982 bits per heavy atom. The molecule has 322 valence electrons. The molecule has 0 aromatic rings. The summed E-state index contributed by atoms with van der Waals surface area (Å²) in [6.45, 7) is 2.67. The van der Waals surface area contributed by atoms with E-state index >= 15 is 0 Å². The van der Waals surface area contributed by atoms with Gasteiger partial charge in [-0.05, 0) is 64.2 Å². The maximum absolute atomic E-state index is 12.6. The van der Waals surface area contributed by atoms with Gasteiger partial charge in [-0.1, -0.05) is 152 Å². The van der Waals surface area contributed by atoms with Crippen LogP contribution >= 0.6 is 7.82 Å². The first-order chi connectivity index (χ1) is 27.1. The van der Waals surface area contributed by atoms with Crippen molar-refractivity contribution in [1.82, 2.24) is 0 Å². The number of carboxylic acids is 1. The van der Waals surface area contributed by atoms with Gasteiger partial charge in [0.15, 0.2) is 6.10 Å². The Kier molecular flexibility index (Phi) is 37.1. The lowest BCUT2D eigenvalue weighted by molar-refractivity contribution is -0.161. The van der Waals surface area contributed by atoms with Crippen molar-refractivity contribution in [2.24, 2.45) is 5.73 Å². The molecule has 56 heavy (non-hydrogen) atoms. The normalized spacial score (nSPS) is 14.4. The minimum absolute atomic E-state index is 0.0645. The number of carboxylic acid groups (broad SMARTS) is 1. The number of phosphoric ester groups is 1. The summed E-state index contributed by atoms with van der Waals surface area (Å²) in [6.07, 6.45) is 44.5. The third-order valence-electron chi connectivity index (χ3n) is 8.75. The van der Waals surface area contributed by atoms with Crippen LogP contribution in [0.1, 0.15) is 168 Å². The number of carbonyl (C=O) groups is 3. The topological polar surface area (TPSA) is 172 Å². The van der Waals surface area contributed by atoms with E-state index in [2.05, 4.69) is 60.9 Å². The number of carbonyl (C=O) groups excluding carboxylic acids is 2. The smallest absolute Gasteiger partial charge is 0.472 e. The average molecular weight is 810 g/mol. The molecular formula is C44H76NO10P. The van der Waals surface area contributed by atoms with E-state index in [1.807, 2.05) is 18.2 Å². The molecule has 0 aromatic heterocycles. The molecule has 0 aliphatic heterocycles. The first kappa shape index (κ1) is 53.2. The van der Waals surface area contributed by atoms with Gasteiger partial charge in [0.1, 0.15) is 12.6 Å². The molecule has 1 unspecified atom stereocenters. The Bertz CT molecular complexity index is 1180. The van der Waals surface area contributed by atoms with Crippen molar-refractivity contribution in [1.29, 1.82) is 0 Å². The Hall–Kier alpha value is -2.82. The van der Waals surface area contributed by atoms with E-state index in [0.717, 1.165) is 38.5 Å². The summed E-state index contributed by atoms with van der Waals surface area (Å²) >= 11 is 0. The monoisotopic (exact) mass is 810 g/mol. The maximum atomic E-state index is 12.6. The number of phosphoric acid groups is 1. The molecule has 12 heteroatoms. The number of nitrogens with two attached hydrogens (primary N) is 1. The fourth-order valence-electron chi connectivity index (χ4n) is 5.37. The highest BCUT2D eigenvalue weighted by Gasteiger charge is 2.28. The number of aliphatic carboxylic acids is 1. The van der Waals surface area contributed by atoms with Crippen LogP contribution in [0.25, 0.3) is 0 Å². The Balaban J connectivity index is 4.52. The number of rotatable bonds is 39. The largest absolute Gasteiger partial charge is 0.480 e. The number of hydrogen-bond donors (Lipinski definition) is 3. The molecule has 0 bridgehead atoms. The predicted molar refractivity (Wildman–Crippen MR) is 226 cm³/mol. The zero-order chi connectivity index (χ0) is 41.4. The summed E-state index contributed by atoms with van der Waals surface area (Å²) < 4.78 is 32.5. The van der Waals surface area contributed by atoms with Crippen LogP contribution in [0.2, 0.25) is 0 Å². The summed E-state index contributed by atoms with van der Waals surface area (Å²) in [5, 5.41) is 8.88. The molecule has 0 spiro atoms. The molecule has 0 aliphatic carbocycles. The van der Waals surface area contributed by atoms with E-state index in [1.165, 1.54) is 83.5 Å². The van der Waals surface area contributed by atoms with Gasteiger partial charge in [-0.15, -0.1) is 0 Å². The number of hydrogen-bond acceptors (Lipinski definition) is 9. The van der Waals surface area contributed by atoms with Crippen LogP contribution in [0.15, 0.2) is 60.8 Å². The SMILES string of the molecule is CCCCC/C=C/C/C=C/C/C=C/C/C=C/CCCC(=O)OC[C@H](COP(=O)(O)OC[C@H](N)C(=O)O)OC(=O)CC/C=C/CCCCCCCCCCCCC. The van der Waals surface area contributed by atoms with Gasteiger partial charge in [0.2, 0.25) is 0 Å². The highest BCUT2D eigenvalue weighted by Crippen LogP contribution is 2.43. The summed E-state index contributed by atoms with van der Waals surface area (Å²) in [4.78, 5) is 45.8. The fraction of sp³-hybridized carbons (Fsp3) is 0.705. The lowest BCUT2D eigenvalue weighted by atomic mass is 10.1. The van der Waals surface area contributed by atoms with E-state index in [1.54, 1.807) is 0 Å². The lowest BCUT2D eigenvalue weighted by Crippen LogP contribution is -2.34. The van der Waals surface area contributed by atoms with Crippen LogP contribution in [0.5, 0.6) is 0 Å². The minimum Gasteiger partial charge on any atom is -0.480 e. The van der Waals surface area contributed by atoms with Gasteiger partial charge < -0.3 is 25.2 Å². The molecule has 0 amide bonds. The second-order valence-electron chi connectivity index (χ2n) is 14.1. The zero-order valence-electron chi connectivity index (χ0n) is 34.7. The molecule has 0 rings (SSSR count). The first-order valence-electron chi connectivity index (χ1n) is 21.3. The van der Waals surface area contributed by atoms with Gasteiger partial charge >= 0.3 is 25.7 Å². The van der Waals surface area contributed by atoms with E-state index < -0.39 is 57.7 Å². The highest BCUT2D eigenvalue weighted by atomic mass is 31.2. The highest BCUT2D eigenvalue weighted by molar-refractivity contribution is 7.47. The van der Waals surface area contributed by atoms with Gasteiger partial charge in [-0.3, -0.25) is 23.4 Å². The van der Waals surface area contributed by atoms with Crippen LogP contribution in [0.3, 0.4) is 0 Å². The maximum Gasteiger partial charge on any atom is 0.472 e. The van der Waals surface area contributed by atoms with Crippen LogP contribution in [-0.2, 0) is 37.5 Å². The summed E-state index contributed by atoms with van der Waals surface area (Å²) in [5.74, 6) is -2.52. The van der Waals surface area contributed by atoms with E-state index in [9.17, 15) is 23.8 Å². The third-order valence-corrected chi connectivity index (χ3v) is 9.70. The minimum atomic E-state index is -4.74. The molecule has 0 radical (unpaired) electrons. The second-order valence-corrected chi connectivity index (χ2v) is 15.6. The quantitative estimate of drug-likeness (QED) is 0.0233. The van der Waals surface area contributed by atoms with Crippen LogP contribution in [0.4, 0.5) is 0 Å². The van der Waals surface area contributed by atoms with Crippen LogP contribution in [-0.4, -0.2) is 59.9 Å². The van der Waals surface area contributed by atoms with Gasteiger partial charge in [0, 0.05) is 12.8 Å². The van der Waals surface area contributed by atoms with Crippen molar-refractivity contribution in [3.8, 4) is 0 Å². The summed E-state index contributed by atoms with van der Waals surface area (Å²) in [7, 11) is -4.74. The van der Waals surface area contributed by atoms with Crippen molar-refractivity contribution in [2.45, 2.75) is 180 Å². The Labute approximate surface area is 338 Å². The molecule has 4 N–H and O–H groups in total. The molecule has 0 aromatic carbocycles. The van der Waals surface area contributed by atoms with Crippen molar-refractivity contribution in [3.63, 3.8) is 0 Å². The summed E-state index contributed by atoms with van der Waals surface area (Å²) in [6, 6.07) is -1.53. The van der Waals surface area contributed by atoms with Crippen molar-refractivity contribution in [3.05, 3.63) is 60.8 Å². The fourth-order valence-corrected chi connectivity index (χ4v) is 6.15. The van der Waals surface area contributed by atoms with Gasteiger partial charge in [0.05, 0.1) is 13.2 Å².